The van der Waals surface area contributed by atoms with Gasteiger partial charge in [0.15, 0.2) is 17.3 Å². The maximum Gasteiger partial charge on any atom is 0.238 e. The van der Waals surface area contributed by atoms with E-state index in [4.69, 9.17) is 11.6 Å². The number of amides is 2. The van der Waals surface area contributed by atoms with Crippen molar-refractivity contribution < 1.29 is 29.1 Å². The first-order valence-corrected chi connectivity index (χ1v) is 14.8. The standard InChI is InChI=1S/C36H26ClNO6/c1-18-15-29(40)27-17-26-23(30(32(27)33(18)41)24-12-11-22(39)16-28(24)37)13-14-25-31(26)36(44)38(35(25)43)21-9-7-20(8-10-21)34(42)19-5-3-2-4-6-19/h2-13,15-16,25-26,30-31,39H,14,17H2,1H3/t25-,26+,30+,31-/m0/s1. The van der Waals surface area contributed by atoms with E-state index in [1.54, 1.807) is 61.5 Å². The van der Waals surface area contributed by atoms with Gasteiger partial charge in [-0.15, -0.1) is 0 Å². The predicted molar refractivity (Wildman–Crippen MR) is 163 cm³/mol. The van der Waals surface area contributed by atoms with E-state index in [0.29, 0.717) is 39.1 Å². The zero-order valence-corrected chi connectivity index (χ0v) is 24.4. The Bertz CT molecular complexity index is 1900. The Labute approximate surface area is 258 Å². The average Bonchev–Trinajstić information content (AvgIpc) is 3.28. The third-order valence-electron chi connectivity index (χ3n) is 9.28. The highest BCUT2D eigenvalue weighted by molar-refractivity contribution is 6.32. The second-order valence-corrected chi connectivity index (χ2v) is 12.1. The van der Waals surface area contributed by atoms with E-state index >= 15 is 0 Å². The minimum absolute atomic E-state index is 0.0381. The van der Waals surface area contributed by atoms with Crippen LogP contribution in [-0.4, -0.2) is 34.3 Å². The summed E-state index contributed by atoms with van der Waals surface area (Å²) >= 11 is 6.61. The smallest absolute Gasteiger partial charge is 0.238 e. The molecule has 1 N–H and O–H groups in total. The summed E-state index contributed by atoms with van der Waals surface area (Å²) in [5, 5.41) is 10.3. The van der Waals surface area contributed by atoms with Crippen LogP contribution in [0, 0.1) is 17.8 Å². The van der Waals surface area contributed by atoms with E-state index in [2.05, 4.69) is 0 Å². The lowest BCUT2D eigenvalue weighted by atomic mass is 9.59. The molecule has 1 aliphatic heterocycles. The number of phenols is 1. The number of imide groups is 1. The number of fused-ring (bicyclic) bond motifs is 3. The maximum atomic E-state index is 14.1. The molecule has 1 fully saturated rings. The van der Waals surface area contributed by atoms with Crippen molar-refractivity contribution >= 4 is 46.5 Å². The van der Waals surface area contributed by atoms with Gasteiger partial charge in [0.05, 0.1) is 17.5 Å². The molecule has 0 saturated carbocycles. The van der Waals surface area contributed by atoms with Crippen LogP contribution < -0.4 is 4.90 Å². The van der Waals surface area contributed by atoms with Crippen molar-refractivity contribution in [2.24, 2.45) is 17.8 Å². The first kappa shape index (κ1) is 27.9. The first-order valence-electron chi connectivity index (χ1n) is 14.4. The van der Waals surface area contributed by atoms with Gasteiger partial charge in [0.25, 0.3) is 0 Å². The molecular formula is C36H26ClNO6. The van der Waals surface area contributed by atoms with Crippen LogP contribution in [0.25, 0.3) is 0 Å². The summed E-state index contributed by atoms with van der Waals surface area (Å²) in [4.78, 5) is 68.9. The van der Waals surface area contributed by atoms with Gasteiger partial charge in [-0.3, -0.25) is 28.9 Å². The lowest BCUT2D eigenvalue weighted by Crippen LogP contribution is -2.39. The second kappa shape index (κ2) is 10.4. The molecule has 1 heterocycles. The molecule has 4 aliphatic rings. The van der Waals surface area contributed by atoms with Crippen molar-refractivity contribution in [2.75, 3.05) is 4.90 Å². The number of benzene rings is 3. The van der Waals surface area contributed by atoms with Crippen LogP contribution in [0.2, 0.25) is 5.02 Å². The molecule has 0 unspecified atom stereocenters. The Morgan fingerprint density at radius 2 is 1.59 bits per heavy atom. The van der Waals surface area contributed by atoms with Crippen LogP contribution in [0.15, 0.2) is 107 Å². The van der Waals surface area contributed by atoms with E-state index in [-0.39, 0.29) is 52.8 Å². The number of nitrogens with zero attached hydrogens (tertiary/aromatic N) is 1. The number of halogens is 1. The van der Waals surface area contributed by atoms with Gasteiger partial charge < -0.3 is 5.11 Å². The van der Waals surface area contributed by atoms with Crippen LogP contribution in [0.5, 0.6) is 5.75 Å². The number of rotatable bonds is 4. The average molecular weight is 604 g/mol. The monoisotopic (exact) mass is 603 g/mol. The van der Waals surface area contributed by atoms with Crippen molar-refractivity contribution in [3.63, 3.8) is 0 Å². The van der Waals surface area contributed by atoms with Gasteiger partial charge >= 0.3 is 0 Å². The summed E-state index contributed by atoms with van der Waals surface area (Å²) < 4.78 is 0. The molecule has 0 spiro atoms. The normalized spacial score (nSPS) is 24.5. The topological polar surface area (TPSA) is 109 Å². The largest absolute Gasteiger partial charge is 0.508 e. The number of ketones is 3. The van der Waals surface area contributed by atoms with Gasteiger partial charge in [-0.05, 0) is 73.7 Å². The highest BCUT2D eigenvalue weighted by atomic mass is 35.5. The fourth-order valence-electron chi connectivity index (χ4n) is 7.24. The van der Waals surface area contributed by atoms with Crippen molar-refractivity contribution in [1.29, 1.82) is 0 Å². The van der Waals surface area contributed by atoms with Gasteiger partial charge in [0.2, 0.25) is 11.8 Å². The van der Waals surface area contributed by atoms with Crippen LogP contribution in [-0.2, 0) is 19.2 Å². The molecule has 7 nitrogen and oxygen atoms in total. The van der Waals surface area contributed by atoms with Gasteiger partial charge in [0, 0.05) is 38.8 Å². The van der Waals surface area contributed by atoms with Crippen LogP contribution >= 0.6 is 11.6 Å². The van der Waals surface area contributed by atoms with Crippen molar-refractivity contribution in [1.82, 2.24) is 0 Å². The number of hydrogen-bond acceptors (Lipinski definition) is 6. The van der Waals surface area contributed by atoms with Gasteiger partial charge in [-0.25, -0.2) is 0 Å². The second-order valence-electron chi connectivity index (χ2n) is 11.7. The number of hydrogen-bond donors (Lipinski definition) is 1. The Kier molecular flexibility index (Phi) is 6.59. The fraction of sp³-hybridized carbons (Fsp3) is 0.194. The summed E-state index contributed by atoms with van der Waals surface area (Å²) in [7, 11) is 0. The maximum absolute atomic E-state index is 14.1. The van der Waals surface area contributed by atoms with E-state index in [0.717, 1.165) is 5.57 Å². The third-order valence-corrected chi connectivity index (χ3v) is 9.61. The molecule has 3 aromatic carbocycles. The fourth-order valence-corrected chi connectivity index (χ4v) is 7.52. The van der Waals surface area contributed by atoms with Crippen LogP contribution in [0.1, 0.15) is 47.2 Å². The zero-order valence-electron chi connectivity index (χ0n) is 23.6. The summed E-state index contributed by atoms with van der Waals surface area (Å²) in [6, 6.07) is 19.8. The molecule has 1 saturated heterocycles. The molecule has 0 bridgehead atoms. The number of phenolic OH excluding ortho intramolecular Hbond substituents is 1. The lowest BCUT2D eigenvalue weighted by Gasteiger charge is -2.42. The van der Waals surface area contributed by atoms with Gasteiger partial charge in [0.1, 0.15) is 5.75 Å². The molecule has 8 heteroatoms. The number of aromatic hydroxyl groups is 1. The molecule has 4 atom stereocenters. The Morgan fingerprint density at radius 3 is 2.30 bits per heavy atom. The van der Waals surface area contributed by atoms with Crippen LogP contribution in [0.3, 0.4) is 0 Å². The molecule has 7 rings (SSSR count). The van der Waals surface area contributed by atoms with Crippen molar-refractivity contribution in [2.45, 2.75) is 25.7 Å². The van der Waals surface area contributed by atoms with E-state index in [1.165, 1.54) is 23.1 Å². The summed E-state index contributed by atoms with van der Waals surface area (Å²) in [6.45, 7) is 1.60. The predicted octanol–water partition coefficient (Wildman–Crippen LogP) is 5.91. The highest BCUT2D eigenvalue weighted by Crippen LogP contribution is 2.56. The summed E-state index contributed by atoms with van der Waals surface area (Å²) in [5.41, 5.74) is 3.68. The Hall–Kier alpha value is -4.88. The molecule has 0 aromatic heterocycles. The van der Waals surface area contributed by atoms with E-state index in [9.17, 15) is 29.1 Å². The molecule has 0 radical (unpaired) electrons. The number of anilines is 1. The Morgan fingerprint density at radius 1 is 0.886 bits per heavy atom. The zero-order chi connectivity index (χ0) is 30.9. The Balaban J connectivity index is 1.26. The number of carbonyl (C=O) groups is 5. The molecule has 44 heavy (non-hydrogen) atoms. The van der Waals surface area contributed by atoms with Crippen LogP contribution in [0.4, 0.5) is 5.69 Å². The molecule has 3 aromatic rings. The van der Waals surface area contributed by atoms with Crippen molar-refractivity contribution in [3.05, 3.63) is 129 Å². The molecule has 2 amide bonds. The number of carbonyl (C=O) groups excluding carboxylic acids is 5. The lowest BCUT2D eigenvalue weighted by molar-refractivity contribution is -0.123. The third kappa shape index (κ3) is 4.22. The minimum atomic E-state index is -0.740. The highest BCUT2D eigenvalue weighted by Gasteiger charge is 2.56. The van der Waals surface area contributed by atoms with E-state index < -0.39 is 23.7 Å². The minimum Gasteiger partial charge on any atom is -0.508 e. The van der Waals surface area contributed by atoms with Crippen molar-refractivity contribution in [3.8, 4) is 5.75 Å². The number of allylic oxidation sites excluding steroid dienone is 6. The van der Waals surface area contributed by atoms with E-state index in [1.807, 2.05) is 12.1 Å². The van der Waals surface area contributed by atoms with Gasteiger partial charge in [-0.2, -0.15) is 0 Å². The molecule has 3 aliphatic carbocycles. The molecule has 218 valence electrons. The first-order chi connectivity index (χ1) is 21.2. The molecular weight excluding hydrogens is 578 g/mol. The quantitative estimate of drug-likeness (QED) is 0.172. The summed E-state index contributed by atoms with van der Waals surface area (Å²) in [6.07, 6.45) is 3.69. The van der Waals surface area contributed by atoms with Gasteiger partial charge in [-0.1, -0.05) is 59.6 Å². The number of Topliss-reactive ketones (excluding diaryl/α,β-unsaturated/α-hetero) is 1. The summed E-state index contributed by atoms with van der Waals surface area (Å²) in [5.74, 6) is -4.03. The SMILES string of the molecule is CC1=CC(=O)C2=C(C1=O)[C@@H](c1ccc(O)cc1Cl)C1=CC[C@@H]3C(=O)N(c4ccc(C(=O)c5ccccc5)cc4)C(=O)[C@@H]3[C@@H]1C2.